The Kier molecular flexibility index (Phi) is 8.13. The van der Waals surface area contributed by atoms with E-state index in [9.17, 15) is 9.90 Å². The van der Waals surface area contributed by atoms with Crippen molar-refractivity contribution in [3.05, 3.63) is 42.0 Å². The van der Waals surface area contributed by atoms with Crippen LogP contribution in [0.25, 0.3) is 6.08 Å². The second-order valence-corrected chi connectivity index (χ2v) is 17.5. The first-order valence-electron chi connectivity index (χ1n) is 18.1. The molecular formula is C41H60O4. The summed E-state index contributed by atoms with van der Waals surface area (Å²) >= 11 is 0. The number of ether oxygens (including phenoxy) is 2. The standard InChI is InChI=1S/C41H60O4/c1-26(2)27(3)10-11-28(4)30-14-16-34-38(30,7)22-23-41-25-40(41)21-19-35(37(5,6)33(40)18-20-39(34,41)8)45-36(43)17-13-29-12-15-31(42)32(24-29)44-9/h12-13,15,17,24,26,28,30,33-35,42H,3,10-11,14,16,18-23,25H2,1-2,4-9H3/b17-13+/t28-,30-,33+,34?,35+,38-,39+,40-,41+/m1/s1. The maximum atomic E-state index is 13.1. The van der Waals surface area contributed by atoms with E-state index in [1.807, 2.05) is 0 Å². The van der Waals surface area contributed by atoms with Crippen molar-refractivity contribution in [1.82, 2.24) is 0 Å². The zero-order valence-corrected chi connectivity index (χ0v) is 29.5. The van der Waals surface area contributed by atoms with Crippen molar-refractivity contribution in [3.63, 3.8) is 0 Å². The molecule has 45 heavy (non-hydrogen) atoms. The number of hydrogen-bond acceptors (Lipinski definition) is 4. The van der Waals surface area contributed by atoms with Crippen molar-refractivity contribution >= 4 is 12.0 Å². The van der Waals surface area contributed by atoms with Crippen LogP contribution in [0.5, 0.6) is 11.5 Å². The quantitative estimate of drug-likeness (QED) is 0.170. The summed E-state index contributed by atoms with van der Waals surface area (Å²) in [5.41, 5.74) is 3.97. The second-order valence-electron chi connectivity index (χ2n) is 17.5. The molecule has 248 valence electrons. The van der Waals surface area contributed by atoms with E-state index in [1.165, 1.54) is 83.0 Å². The number of phenolic OH excluding ortho intramolecular Hbond substituents is 1. The Morgan fingerprint density at radius 1 is 1.02 bits per heavy atom. The van der Waals surface area contributed by atoms with Gasteiger partial charge in [0.1, 0.15) is 6.10 Å². The molecule has 4 heteroatoms. The summed E-state index contributed by atoms with van der Waals surface area (Å²) in [5.74, 6) is 3.85. The number of fused-ring (bicyclic) bond motifs is 2. The summed E-state index contributed by atoms with van der Waals surface area (Å²) in [6, 6.07) is 5.08. The zero-order valence-electron chi connectivity index (χ0n) is 29.5. The van der Waals surface area contributed by atoms with Gasteiger partial charge in [-0.1, -0.05) is 66.7 Å². The number of rotatable bonds is 9. The lowest BCUT2D eigenvalue weighted by atomic mass is 9.41. The van der Waals surface area contributed by atoms with Crippen LogP contribution in [0.2, 0.25) is 0 Å². The van der Waals surface area contributed by atoms with E-state index in [1.54, 1.807) is 24.3 Å². The second kappa shape index (κ2) is 11.2. The number of esters is 1. The number of aromatic hydroxyl groups is 1. The number of phenols is 1. The zero-order chi connectivity index (χ0) is 32.6. The van der Waals surface area contributed by atoms with Gasteiger partial charge in [-0.3, -0.25) is 0 Å². The number of methoxy groups -OCH3 is 1. The number of hydrogen-bond donors (Lipinski definition) is 1. The highest BCUT2D eigenvalue weighted by Crippen LogP contribution is 2.90. The molecule has 5 aliphatic rings. The van der Waals surface area contributed by atoms with E-state index in [4.69, 9.17) is 9.47 Å². The Morgan fingerprint density at radius 2 is 1.78 bits per heavy atom. The summed E-state index contributed by atoms with van der Waals surface area (Å²) in [6.07, 6.45) is 17.5. The minimum atomic E-state index is -0.279. The van der Waals surface area contributed by atoms with Gasteiger partial charge in [-0.25, -0.2) is 4.79 Å². The fraction of sp³-hybridized carbons (Fsp3) is 0.732. The lowest BCUT2D eigenvalue weighted by Gasteiger charge is -2.64. The lowest BCUT2D eigenvalue weighted by molar-refractivity contribution is -0.185. The van der Waals surface area contributed by atoms with E-state index in [-0.39, 0.29) is 23.2 Å². The van der Waals surface area contributed by atoms with Crippen molar-refractivity contribution in [1.29, 1.82) is 0 Å². The van der Waals surface area contributed by atoms with Crippen LogP contribution in [-0.2, 0) is 9.53 Å². The van der Waals surface area contributed by atoms with Gasteiger partial charge >= 0.3 is 5.97 Å². The average Bonchev–Trinajstić information content (AvgIpc) is 3.53. The van der Waals surface area contributed by atoms with Crippen molar-refractivity contribution in [2.45, 2.75) is 125 Å². The number of benzene rings is 1. The maximum Gasteiger partial charge on any atom is 0.331 e. The molecule has 0 aromatic heterocycles. The molecule has 4 nitrogen and oxygen atoms in total. The molecule has 0 radical (unpaired) electrons. The molecule has 9 atom stereocenters. The molecule has 0 heterocycles. The fourth-order valence-electron chi connectivity index (χ4n) is 12.7. The molecule has 5 saturated carbocycles. The summed E-state index contributed by atoms with van der Waals surface area (Å²) < 4.78 is 11.5. The third-order valence-electron chi connectivity index (χ3n) is 15.3. The first-order chi connectivity index (χ1) is 21.1. The first kappa shape index (κ1) is 32.7. The van der Waals surface area contributed by atoms with Crippen LogP contribution in [0.15, 0.2) is 36.4 Å². The van der Waals surface area contributed by atoms with E-state index < -0.39 is 0 Å². The normalized spacial score (nSPS) is 40.2. The third kappa shape index (κ3) is 4.85. The number of carbonyl (C=O) groups is 1. The molecule has 0 amide bonds. The topological polar surface area (TPSA) is 55.8 Å². The molecule has 0 aliphatic heterocycles. The average molecular weight is 617 g/mol. The van der Waals surface area contributed by atoms with E-state index >= 15 is 0 Å². The molecule has 2 spiro atoms. The van der Waals surface area contributed by atoms with Crippen LogP contribution in [0.3, 0.4) is 0 Å². The molecule has 6 rings (SSSR count). The number of allylic oxidation sites excluding steroid dienone is 1. The highest BCUT2D eigenvalue weighted by molar-refractivity contribution is 5.87. The largest absolute Gasteiger partial charge is 0.504 e. The minimum Gasteiger partial charge on any atom is -0.504 e. The van der Waals surface area contributed by atoms with Gasteiger partial charge in [0.15, 0.2) is 11.5 Å². The molecule has 0 saturated heterocycles. The third-order valence-corrected chi connectivity index (χ3v) is 15.3. The van der Waals surface area contributed by atoms with Gasteiger partial charge in [0, 0.05) is 11.5 Å². The predicted octanol–water partition coefficient (Wildman–Crippen LogP) is 10.4. The highest BCUT2D eigenvalue weighted by Gasteiger charge is 2.83. The number of carbonyl (C=O) groups excluding carboxylic acids is 1. The van der Waals surface area contributed by atoms with Crippen LogP contribution in [0.4, 0.5) is 0 Å². The molecular weight excluding hydrogens is 556 g/mol. The Bertz CT molecular complexity index is 1360. The van der Waals surface area contributed by atoms with Gasteiger partial charge < -0.3 is 14.6 Å². The van der Waals surface area contributed by atoms with Gasteiger partial charge in [-0.15, -0.1) is 0 Å². The molecule has 1 N–H and O–H groups in total. The van der Waals surface area contributed by atoms with Crippen LogP contribution < -0.4 is 4.74 Å². The van der Waals surface area contributed by atoms with Gasteiger partial charge in [0.25, 0.3) is 0 Å². The van der Waals surface area contributed by atoms with Crippen molar-refractivity contribution < 1.29 is 19.4 Å². The summed E-state index contributed by atoms with van der Waals surface area (Å²) in [6.45, 7) is 21.7. The molecule has 1 aromatic carbocycles. The van der Waals surface area contributed by atoms with Crippen LogP contribution in [0, 0.1) is 56.7 Å². The van der Waals surface area contributed by atoms with Crippen molar-refractivity contribution in [2.75, 3.05) is 7.11 Å². The van der Waals surface area contributed by atoms with Gasteiger partial charge in [0.05, 0.1) is 7.11 Å². The first-order valence-corrected chi connectivity index (χ1v) is 18.1. The van der Waals surface area contributed by atoms with Gasteiger partial charge in [-0.2, -0.15) is 0 Å². The van der Waals surface area contributed by atoms with Crippen LogP contribution >= 0.6 is 0 Å². The van der Waals surface area contributed by atoms with E-state index in [2.05, 4.69) is 55.0 Å². The Hall–Kier alpha value is -2.23. The molecule has 1 unspecified atom stereocenters. The SMILES string of the molecule is C=C(CC[C@@H](C)[C@H]1CCC2[C@]1(C)CC[C@@]13C[C@@]14CC[C@H](OC(=O)/C=C/c1ccc(O)c(OC)c1)C(C)(C)[C@@H]4CC[C@@]23C)C(C)C. The van der Waals surface area contributed by atoms with E-state index in [0.717, 1.165) is 29.7 Å². The van der Waals surface area contributed by atoms with Gasteiger partial charge in [0.2, 0.25) is 0 Å². The molecule has 0 bridgehead atoms. The fourth-order valence-corrected chi connectivity index (χ4v) is 12.7. The summed E-state index contributed by atoms with van der Waals surface area (Å²) in [5, 5.41) is 9.89. The summed E-state index contributed by atoms with van der Waals surface area (Å²) in [7, 11) is 1.52. The van der Waals surface area contributed by atoms with Gasteiger partial charge in [-0.05, 0) is 146 Å². The molecule has 1 aromatic rings. The van der Waals surface area contributed by atoms with Crippen molar-refractivity contribution in [3.8, 4) is 11.5 Å². The van der Waals surface area contributed by atoms with Crippen molar-refractivity contribution in [2.24, 2.45) is 56.7 Å². The highest BCUT2D eigenvalue weighted by atomic mass is 16.5. The van der Waals surface area contributed by atoms with Crippen LogP contribution in [-0.4, -0.2) is 24.3 Å². The predicted molar refractivity (Wildman–Crippen MR) is 183 cm³/mol. The molecule has 5 aliphatic carbocycles. The smallest absolute Gasteiger partial charge is 0.331 e. The lowest BCUT2D eigenvalue weighted by Crippen LogP contribution is -2.58. The van der Waals surface area contributed by atoms with E-state index in [0.29, 0.717) is 39.2 Å². The Morgan fingerprint density at radius 3 is 2.49 bits per heavy atom. The Balaban J connectivity index is 1.15. The minimum absolute atomic E-state index is 0.0410. The van der Waals surface area contributed by atoms with Crippen LogP contribution in [0.1, 0.15) is 125 Å². The molecule has 5 fully saturated rings. The maximum absolute atomic E-state index is 13.1. The summed E-state index contributed by atoms with van der Waals surface area (Å²) in [4.78, 5) is 13.1. The Labute approximate surface area is 273 Å². The monoisotopic (exact) mass is 616 g/mol.